The van der Waals surface area contributed by atoms with Gasteiger partial charge in [-0.05, 0) is 24.3 Å². The summed E-state index contributed by atoms with van der Waals surface area (Å²) in [4.78, 5) is 22.8. The first-order valence-electron chi connectivity index (χ1n) is 5.83. The molecule has 0 fully saturated rings. The van der Waals surface area contributed by atoms with Crippen LogP contribution in [0.1, 0.15) is 20.3 Å². The zero-order valence-corrected chi connectivity index (χ0v) is 11.3. The van der Waals surface area contributed by atoms with Gasteiger partial charge >= 0.3 is 0 Å². The number of nitrogens with one attached hydrogen (secondary N) is 2. The maximum Gasteiger partial charge on any atom is 0.228 e. The molecule has 0 radical (unpaired) electrons. The zero-order valence-electron chi connectivity index (χ0n) is 10.5. The molecule has 1 aromatic rings. The van der Waals surface area contributed by atoms with Crippen LogP contribution in [-0.4, -0.2) is 17.7 Å². The van der Waals surface area contributed by atoms with Gasteiger partial charge in [0, 0.05) is 29.6 Å². The first-order valence-corrected chi connectivity index (χ1v) is 6.37. The summed E-state index contributed by atoms with van der Waals surface area (Å²) < 4.78 is 0. The van der Waals surface area contributed by atoms with E-state index in [1.807, 2.05) is 0 Å². The van der Waals surface area contributed by atoms with Gasteiger partial charge in [0.1, 0.15) is 0 Å². The zero-order chi connectivity index (χ0) is 13.5. The number of amides is 2. The van der Waals surface area contributed by atoms with Crippen LogP contribution in [0.3, 0.4) is 0 Å². The number of carbonyl (C=O) groups excluding carboxylic acids is 2. The normalized spacial score (nSPS) is 11.7. The molecule has 1 rings (SSSR count). The Morgan fingerprint density at radius 3 is 2.11 bits per heavy atom. The Balaban J connectivity index is 2.60. The highest BCUT2D eigenvalue weighted by molar-refractivity contribution is 6.19. The number of rotatable bonds is 5. The molecule has 5 heteroatoms. The molecule has 0 saturated heterocycles. The minimum absolute atomic E-state index is 0.0393. The molecule has 0 bridgehead atoms. The van der Waals surface area contributed by atoms with E-state index in [2.05, 4.69) is 10.6 Å². The lowest BCUT2D eigenvalue weighted by molar-refractivity contribution is -0.119. The van der Waals surface area contributed by atoms with E-state index in [-0.39, 0.29) is 23.6 Å². The lowest BCUT2D eigenvalue weighted by atomic mass is 10.2. The van der Waals surface area contributed by atoms with E-state index in [0.29, 0.717) is 17.8 Å². The highest BCUT2D eigenvalue weighted by atomic mass is 35.5. The maximum absolute atomic E-state index is 11.6. The fourth-order valence-corrected chi connectivity index (χ4v) is 1.36. The molecule has 4 nitrogen and oxygen atoms in total. The molecule has 0 aliphatic carbocycles. The number of hydrogen-bond acceptors (Lipinski definition) is 2. The van der Waals surface area contributed by atoms with Crippen LogP contribution in [0.2, 0.25) is 0 Å². The van der Waals surface area contributed by atoms with E-state index in [1.165, 1.54) is 0 Å². The summed E-state index contributed by atoms with van der Waals surface area (Å²) in [7, 11) is 0. The molecule has 98 valence electrons. The first kappa shape index (κ1) is 14.5. The average Bonchev–Trinajstić information content (AvgIpc) is 2.39. The summed E-state index contributed by atoms with van der Waals surface area (Å²) in [5.74, 6) is -0.0970. The van der Waals surface area contributed by atoms with Crippen LogP contribution in [-0.2, 0) is 9.59 Å². The van der Waals surface area contributed by atoms with Crippen molar-refractivity contribution in [2.45, 2.75) is 20.3 Å². The van der Waals surface area contributed by atoms with E-state index >= 15 is 0 Å². The van der Waals surface area contributed by atoms with Gasteiger partial charge in [-0.25, -0.2) is 0 Å². The van der Waals surface area contributed by atoms with Crippen molar-refractivity contribution >= 4 is 34.8 Å². The summed E-state index contributed by atoms with van der Waals surface area (Å²) in [5, 5.41) is 5.48. The summed E-state index contributed by atoms with van der Waals surface area (Å²) >= 11 is 5.60. The van der Waals surface area contributed by atoms with Gasteiger partial charge in [0.25, 0.3) is 0 Å². The number of carbonyl (C=O) groups is 2. The third-order valence-corrected chi connectivity index (χ3v) is 2.90. The Bertz CT molecular complexity index is 418. The molecule has 0 aliphatic heterocycles. The lowest BCUT2D eigenvalue weighted by Crippen LogP contribution is -2.21. The van der Waals surface area contributed by atoms with Crippen LogP contribution < -0.4 is 10.6 Å². The fraction of sp³-hybridized carbons (Fsp3) is 0.385. The smallest absolute Gasteiger partial charge is 0.228 e. The summed E-state index contributed by atoms with van der Waals surface area (Å²) in [6.07, 6.45) is 0.436. The van der Waals surface area contributed by atoms with Gasteiger partial charge in [0.2, 0.25) is 11.8 Å². The molecule has 0 aliphatic rings. The minimum atomic E-state index is -0.230. The van der Waals surface area contributed by atoms with Crippen molar-refractivity contribution in [1.82, 2.24) is 0 Å². The molecule has 0 saturated carbocycles. The second kappa shape index (κ2) is 7.01. The van der Waals surface area contributed by atoms with Crippen LogP contribution >= 0.6 is 11.6 Å². The van der Waals surface area contributed by atoms with Crippen molar-refractivity contribution < 1.29 is 9.59 Å². The highest BCUT2D eigenvalue weighted by Crippen LogP contribution is 2.14. The lowest BCUT2D eigenvalue weighted by Gasteiger charge is -2.10. The van der Waals surface area contributed by atoms with Crippen molar-refractivity contribution in [1.29, 1.82) is 0 Å². The third-order valence-electron chi connectivity index (χ3n) is 2.44. The number of hydrogen-bond donors (Lipinski definition) is 2. The Morgan fingerprint density at radius 2 is 1.67 bits per heavy atom. The van der Waals surface area contributed by atoms with Crippen LogP contribution in [0.4, 0.5) is 11.4 Å². The monoisotopic (exact) mass is 268 g/mol. The van der Waals surface area contributed by atoms with Crippen molar-refractivity contribution in [2.24, 2.45) is 5.92 Å². The molecule has 0 spiro atoms. The van der Waals surface area contributed by atoms with E-state index in [9.17, 15) is 9.59 Å². The van der Waals surface area contributed by atoms with Gasteiger partial charge in [0.15, 0.2) is 0 Å². The predicted octanol–water partition coefficient (Wildman–Crippen LogP) is 2.85. The minimum Gasteiger partial charge on any atom is -0.326 e. The van der Waals surface area contributed by atoms with Crippen LogP contribution in [0, 0.1) is 5.92 Å². The topological polar surface area (TPSA) is 58.2 Å². The largest absolute Gasteiger partial charge is 0.326 e. The van der Waals surface area contributed by atoms with Crippen molar-refractivity contribution in [3.63, 3.8) is 0 Å². The summed E-state index contributed by atoms with van der Waals surface area (Å²) in [5.41, 5.74) is 1.40. The Morgan fingerprint density at radius 1 is 1.17 bits per heavy atom. The van der Waals surface area contributed by atoms with Crippen LogP contribution in [0.25, 0.3) is 0 Å². The van der Waals surface area contributed by atoms with Gasteiger partial charge in [0.05, 0.1) is 0 Å². The number of benzene rings is 1. The van der Waals surface area contributed by atoms with Gasteiger partial charge in [-0.3, -0.25) is 9.59 Å². The fourth-order valence-electron chi connectivity index (χ4n) is 1.22. The quantitative estimate of drug-likeness (QED) is 0.807. The van der Waals surface area contributed by atoms with Gasteiger partial charge in [-0.1, -0.05) is 13.8 Å². The number of alkyl halides is 1. The Kier molecular flexibility index (Phi) is 5.65. The number of anilines is 2. The van der Waals surface area contributed by atoms with Crippen molar-refractivity contribution in [3.8, 4) is 0 Å². The van der Waals surface area contributed by atoms with Gasteiger partial charge in [-0.2, -0.15) is 0 Å². The summed E-state index contributed by atoms with van der Waals surface area (Å²) in [6.45, 7) is 3.55. The predicted molar refractivity (Wildman–Crippen MR) is 73.9 cm³/mol. The van der Waals surface area contributed by atoms with Crippen molar-refractivity contribution in [3.05, 3.63) is 24.3 Å². The van der Waals surface area contributed by atoms with Crippen LogP contribution in [0.5, 0.6) is 0 Å². The second-order valence-corrected chi connectivity index (χ2v) is 4.33. The molecule has 2 amide bonds. The first-order chi connectivity index (χ1) is 8.56. The van der Waals surface area contributed by atoms with E-state index in [4.69, 9.17) is 11.6 Å². The SMILES string of the molecule is CCC(=O)Nc1ccc(NC(=O)C(C)CCl)cc1. The van der Waals surface area contributed by atoms with E-state index in [1.54, 1.807) is 38.1 Å². The van der Waals surface area contributed by atoms with E-state index in [0.717, 1.165) is 0 Å². The Labute approximate surface area is 112 Å². The average molecular weight is 269 g/mol. The maximum atomic E-state index is 11.6. The molecule has 1 atom stereocenters. The second-order valence-electron chi connectivity index (χ2n) is 4.02. The molecule has 1 unspecified atom stereocenters. The molecule has 0 heterocycles. The third kappa shape index (κ3) is 4.37. The van der Waals surface area contributed by atoms with E-state index < -0.39 is 0 Å². The molecule has 2 N–H and O–H groups in total. The van der Waals surface area contributed by atoms with Crippen molar-refractivity contribution in [2.75, 3.05) is 16.5 Å². The van der Waals surface area contributed by atoms with Gasteiger partial charge < -0.3 is 10.6 Å². The molecular formula is C13H17ClN2O2. The summed E-state index contributed by atoms with van der Waals surface area (Å²) in [6, 6.07) is 6.97. The highest BCUT2D eigenvalue weighted by Gasteiger charge is 2.11. The molecular weight excluding hydrogens is 252 g/mol. The standard InChI is InChI=1S/C13H17ClN2O2/c1-3-12(17)15-10-4-6-11(7-5-10)16-13(18)9(2)8-14/h4-7,9H,3,8H2,1-2H3,(H,15,17)(H,16,18). The molecule has 1 aromatic carbocycles. The van der Waals surface area contributed by atoms with Gasteiger partial charge in [-0.15, -0.1) is 11.6 Å². The molecule has 0 aromatic heterocycles. The Hall–Kier alpha value is -1.55. The molecule has 18 heavy (non-hydrogen) atoms. The van der Waals surface area contributed by atoms with Crippen LogP contribution in [0.15, 0.2) is 24.3 Å². The number of halogens is 1.